The fourth-order valence-electron chi connectivity index (χ4n) is 8.97. The molecule has 0 saturated carbocycles. The summed E-state index contributed by atoms with van der Waals surface area (Å²) in [5.41, 5.74) is 0.109. The van der Waals surface area contributed by atoms with Gasteiger partial charge in [0.1, 0.15) is 17.8 Å². The molecule has 0 radical (unpaired) electrons. The van der Waals surface area contributed by atoms with Crippen molar-refractivity contribution in [1.29, 1.82) is 0 Å². The Morgan fingerprint density at radius 2 is 0.792 bits per heavy atom. The van der Waals surface area contributed by atoms with Gasteiger partial charge in [0.05, 0.1) is 0 Å². The Labute approximate surface area is 453 Å². The second kappa shape index (κ2) is 53.7. The van der Waals surface area contributed by atoms with Crippen molar-refractivity contribution in [3.05, 3.63) is 24.3 Å². The van der Waals surface area contributed by atoms with Gasteiger partial charge in [-0.3, -0.25) is 14.4 Å². The van der Waals surface area contributed by atoms with Crippen molar-refractivity contribution < 1.29 is 28.6 Å². The molecule has 0 amide bonds. The lowest BCUT2D eigenvalue weighted by molar-refractivity contribution is -0.155. The molecule has 2 unspecified atom stereocenters. The second-order valence-corrected chi connectivity index (χ2v) is 24.2. The summed E-state index contributed by atoms with van der Waals surface area (Å²) >= 11 is 0. The summed E-state index contributed by atoms with van der Waals surface area (Å²) in [6.45, 7) is 40.4. The zero-order chi connectivity index (χ0) is 54.4. The monoisotopic (exact) mass is 1020 g/mol. The van der Waals surface area contributed by atoms with Gasteiger partial charge < -0.3 is 19.1 Å². The molecule has 2 atom stereocenters. The predicted octanol–water partition coefficient (Wildman–Crippen LogP) is 20.6. The summed E-state index contributed by atoms with van der Waals surface area (Å²) in [6.07, 6.45) is 37.7. The molecule has 0 saturated heterocycles. The maximum Gasteiger partial charge on any atom is 0.306 e. The van der Waals surface area contributed by atoms with Crippen molar-refractivity contribution in [2.45, 2.75) is 324 Å². The average Bonchev–Trinajstić information content (AvgIpc) is 3.21. The molecule has 72 heavy (non-hydrogen) atoms. The first-order valence-corrected chi connectivity index (χ1v) is 29.3. The van der Waals surface area contributed by atoms with Gasteiger partial charge in [0.15, 0.2) is 0 Å². The minimum atomic E-state index is -0.352. The normalized spacial score (nSPS) is 12.5. The predicted molar refractivity (Wildman–Crippen MR) is 321 cm³/mol. The molecule has 0 aromatic heterocycles. The van der Waals surface area contributed by atoms with Gasteiger partial charge in [-0.05, 0) is 147 Å². The summed E-state index contributed by atoms with van der Waals surface area (Å²) in [4.78, 5) is 36.8. The minimum Gasteiger partial charge on any atom is -0.460 e. The molecule has 0 aromatic rings. The van der Waals surface area contributed by atoms with Gasteiger partial charge in [-0.15, -0.1) is 0 Å². The Kier molecular flexibility index (Phi) is 60.5. The lowest BCUT2D eigenvalue weighted by Gasteiger charge is -2.37. The largest absolute Gasteiger partial charge is 0.460 e. The number of unbranched alkanes of at least 4 members (excludes halogenated alkanes) is 16. The van der Waals surface area contributed by atoms with E-state index < -0.39 is 0 Å². The maximum absolute atomic E-state index is 11.7. The molecule has 7 heteroatoms. The van der Waals surface area contributed by atoms with Gasteiger partial charge in [-0.25, -0.2) is 0 Å². The van der Waals surface area contributed by atoms with Gasteiger partial charge in [0, 0.05) is 19.3 Å². The number of rotatable bonds is 36. The van der Waals surface area contributed by atoms with Crippen LogP contribution >= 0.6 is 0 Å². The lowest BCUT2D eigenvalue weighted by Crippen LogP contribution is -2.29. The molecular formula is C65H133NO6. The van der Waals surface area contributed by atoms with Crippen LogP contribution in [0, 0.1) is 35.0 Å². The average molecular weight is 1020 g/mol. The molecule has 0 fully saturated rings. The Hall–Kier alpha value is -2.15. The zero-order valence-corrected chi connectivity index (χ0v) is 50.8. The number of hydrogen-bond donors (Lipinski definition) is 0. The van der Waals surface area contributed by atoms with Crippen molar-refractivity contribution in [2.24, 2.45) is 35.0 Å². The van der Waals surface area contributed by atoms with Crippen molar-refractivity contribution in [2.75, 3.05) is 20.6 Å². The first kappa shape index (κ1) is 81.2. The van der Waals surface area contributed by atoms with Crippen LogP contribution in [-0.4, -0.2) is 61.3 Å². The fraction of sp³-hybridized carbons (Fsp3) is 0.892. The molecule has 0 aliphatic heterocycles. The van der Waals surface area contributed by atoms with Crippen LogP contribution in [0.25, 0.3) is 0 Å². The molecule has 0 spiro atoms. The quantitative estimate of drug-likeness (QED) is 0.0268. The Balaban J connectivity index is -0.000000209. The van der Waals surface area contributed by atoms with E-state index in [2.05, 4.69) is 107 Å². The Morgan fingerprint density at radius 1 is 0.458 bits per heavy atom. The highest BCUT2D eigenvalue weighted by molar-refractivity contribution is 5.70. The fourth-order valence-corrected chi connectivity index (χ4v) is 8.97. The van der Waals surface area contributed by atoms with E-state index in [0.717, 1.165) is 81.1 Å². The number of carbonyl (C=O) groups is 3. The van der Waals surface area contributed by atoms with Crippen molar-refractivity contribution in [3.63, 3.8) is 0 Å². The van der Waals surface area contributed by atoms with Crippen LogP contribution in [0.1, 0.15) is 306 Å². The number of hydrogen-bond acceptors (Lipinski definition) is 7. The van der Waals surface area contributed by atoms with Crippen LogP contribution in [-0.2, 0) is 28.6 Å². The van der Waals surface area contributed by atoms with Gasteiger partial charge >= 0.3 is 17.9 Å². The van der Waals surface area contributed by atoms with Crippen molar-refractivity contribution >= 4 is 17.9 Å². The third kappa shape index (κ3) is 67.8. The van der Waals surface area contributed by atoms with Gasteiger partial charge in [0.25, 0.3) is 0 Å². The Bertz CT molecular complexity index is 1150. The summed E-state index contributed by atoms with van der Waals surface area (Å²) in [7, 11) is 3.99. The standard InChI is InChI=1S/2C21H40O2.C11H24.C10H21NO2.2CH4/c2*1-5-6-7-8-11-14-17-20(4)23-21(22)18-15-12-9-10-13-16-19(2)3;1-8(2)10(9(3)4)11(5,6)7;1-10(2,3)13-9(12)7-6-8-11(4)5;;/h2*14,17,19-20H,5-13,15-16,18H2,1-4H3;8-10H,1-7H3;6-8H2,1-5H3;2*1H4/b2*17-14-;;;;. The van der Waals surface area contributed by atoms with E-state index in [0.29, 0.717) is 24.7 Å². The lowest BCUT2D eigenvalue weighted by atomic mass is 9.69. The summed E-state index contributed by atoms with van der Waals surface area (Å²) in [5, 5.41) is 0. The molecule has 0 heterocycles. The Morgan fingerprint density at radius 3 is 1.08 bits per heavy atom. The summed E-state index contributed by atoms with van der Waals surface area (Å²) in [6, 6.07) is 0. The van der Waals surface area contributed by atoms with E-state index in [4.69, 9.17) is 14.2 Å². The third-order valence-electron chi connectivity index (χ3n) is 12.1. The van der Waals surface area contributed by atoms with Gasteiger partial charge in [-0.2, -0.15) is 0 Å². The number of ether oxygens (including phenoxy) is 3. The smallest absolute Gasteiger partial charge is 0.306 e. The SMILES string of the molecule is C.C.CC(C)C(C(C)C)C(C)(C)C.CCCCCC/C=C\C(C)OC(=O)CCCCCCCC(C)C.CCCCCC/C=C\C(C)OC(=O)CCCCCCCC(C)C.CN(C)CCCC(=O)OC(C)(C)C. The molecule has 0 bridgehead atoms. The number of allylic oxidation sites excluding steroid dienone is 2. The highest BCUT2D eigenvalue weighted by atomic mass is 16.6. The molecule has 434 valence electrons. The minimum absolute atomic E-state index is 0. The third-order valence-corrected chi connectivity index (χ3v) is 12.1. The topological polar surface area (TPSA) is 82.1 Å². The van der Waals surface area contributed by atoms with E-state index in [9.17, 15) is 14.4 Å². The number of carbonyl (C=O) groups excluding carboxylic acids is 3. The molecule has 0 aliphatic rings. The second-order valence-electron chi connectivity index (χ2n) is 24.2. The highest BCUT2D eigenvalue weighted by Gasteiger charge is 2.29. The molecule has 0 aliphatic carbocycles. The maximum atomic E-state index is 11.7. The zero-order valence-electron chi connectivity index (χ0n) is 50.8. The van der Waals surface area contributed by atoms with Crippen molar-refractivity contribution in [1.82, 2.24) is 4.90 Å². The molecule has 0 N–H and O–H groups in total. The van der Waals surface area contributed by atoms with Crippen LogP contribution in [0.2, 0.25) is 0 Å². The van der Waals surface area contributed by atoms with E-state index >= 15 is 0 Å². The van der Waals surface area contributed by atoms with Crippen LogP contribution in [0.15, 0.2) is 24.3 Å². The first-order chi connectivity index (χ1) is 32.7. The molecule has 0 rings (SSSR count). The molecular weight excluding hydrogens is 891 g/mol. The van der Waals surface area contributed by atoms with E-state index in [1.807, 2.05) is 60.9 Å². The highest BCUT2D eigenvalue weighted by Crippen LogP contribution is 2.37. The van der Waals surface area contributed by atoms with Crippen LogP contribution in [0.4, 0.5) is 0 Å². The van der Waals surface area contributed by atoms with Crippen LogP contribution in [0.3, 0.4) is 0 Å². The molecule has 7 nitrogen and oxygen atoms in total. The van der Waals surface area contributed by atoms with Crippen molar-refractivity contribution in [3.8, 4) is 0 Å². The number of nitrogens with zero attached hydrogens (tertiary/aromatic N) is 1. The van der Waals surface area contributed by atoms with Gasteiger partial charge in [-0.1, -0.05) is 220 Å². The van der Waals surface area contributed by atoms with Crippen LogP contribution in [0.5, 0.6) is 0 Å². The first-order valence-electron chi connectivity index (χ1n) is 29.3. The van der Waals surface area contributed by atoms with E-state index in [-0.39, 0.29) is 50.6 Å². The number of esters is 3. The van der Waals surface area contributed by atoms with E-state index in [1.165, 1.54) is 103 Å². The summed E-state index contributed by atoms with van der Waals surface area (Å²) < 4.78 is 16.0. The molecule has 0 aromatic carbocycles. The summed E-state index contributed by atoms with van der Waals surface area (Å²) in [5.74, 6) is 3.87. The van der Waals surface area contributed by atoms with E-state index in [1.54, 1.807) is 0 Å². The van der Waals surface area contributed by atoms with Gasteiger partial charge in [0.2, 0.25) is 0 Å². The van der Waals surface area contributed by atoms with Crippen LogP contribution < -0.4 is 0 Å².